The first-order valence-electron chi connectivity index (χ1n) is 9.08. The average Bonchev–Trinajstić information content (AvgIpc) is 3.19. The number of carbonyl (C=O) groups excluding carboxylic acids is 1. The predicted octanol–water partition coefficient (Wildman–Crippen LogP) is 2.46. The Morgan fingerprint density at radius 3 is 2.64 bits per heavy atom. The number of para-hydroxylation sites is 1. The fourth-order valence-electron chi connectivity index (χ4n) is 3.03. The molecule has 2 heterocycles. The average molecular weight is 400 g/mol. The summed E-state index contributed by atoms with van der Waals surface area (Å²) in [5, 5.41) is 16.7. The molecular weight excluding hydrogens is 374 g/mol. The molecule has 0 unspecified atom stereocenters. The van der Waals surface area contributed by atoms with Crippen LogP contribution in [0.1, 0.15) is 28.9 Å². The Labute approximate surface area is 168 Å². The number of benzene rings is 1. The lowest BCUT2D eigenvalue weighted by molar-refractivity contribution is -0.129. The first-order valence-corrected chi connectivity index (χ1v) is 10.1. The van der Waals surface area contributed by atoms with Crippen LogP contribution in [-0.4, -0.2) is 53.6 Å². The molecule has 0 aliphatic rings. The van der Waals surface area contributed by atoms with Gasteiger partial charge in [-0.3, -0.25) is 4.79 Å². The number of aromatic nitrogens is 6. The van der Waals surface area contributed by atoms with Crippen molar-refractivity contribution in [2.45, 2.75) is 38.9 Å². The van der Waals surface area contributed by atoms with Crippen molar-refractivity contribution in [2.24, 2.45) is 7.05 Å². The lowest BCUT2D eigenvalue weighted by Gasteiger charge is -2.17. The molecule has 0 radical (unpaired) electrons. The van der Waals surface area contributed by atoms with Gasteiger partial charge in [-0.2, -0.15) is 5.10 Å². The summed E-state index contributed by atoms with van der Waals surface area (Å²) in [4.78, 5) is 14.3. The highest BCUT2D eigenvalue weighted by molar-refractivity contribution is 7.99. The van der Waals surface area contributed by atoms with Gasteiger partial charge in [0.15, 0.2) is 0 Å². The number of thioether (sulfide) groups is 1. The van der Waals surface area contributed by atoms with Crippen LogP contribution in [0.4, 0.5) is 0 Å². The summed E-state index contributed by atoms with van der Waals surface area (Å²) in [5.41, 5.74) is 5.33. The van der Waals surface area contributed by atoms with E-state index in [0.717, 1.165) is 22.6 Å². The molecule has 0 fully saturated rings. The third-order valence-corrected chi connectivity index (χ3v) is 5.75. The number of tetrazole rings is 1. The van der Waals surface area contributed by atoms with Crippen LogP contribution in [0.25, 0.3) is 5.69 Å². The number of nitrogens with zero attached hydrogens (tertiary/aromatic N) is 7. The maximum absolute atomic E-state index is 12.5. The summed E-state index contributed by atoms with van der Waals surface area (Å²) in [7, 11) is 3.62. The quantitative estimate of drug-likeness (QED) is 0.568. The van der Waals surface area contributed by atoms with Crippen molar-refractivity contribution in [1.82, 2.24) is 34.9 Å². The molecule has 0 N–H and O–H groups in total. The molecule has 1 amide bonds. The number of carbonyl (C=O) groups is 1. The Kier molecular flexibility index (Phi) is 6.13. The minimum atomic E-state index is 0.0880. The third-order valence-electron chi connectivity index (χ3n) is 4.73. The van der Waals surface area contributed by atoms with Crippen LogP contribution < -0.4 is 0 Å². The highest BCUT2D eigenvalue weighted by Gasteiger charge is 2.18. The molecule has 0 spiro atoms. The largest absolute Gasteiger partial charge is 0.341 e. The van der Waals surface area contributed by atoms with E-state index in [1.807, 2.05) is 30.8 Å². The molecular formula is C19H25N7OS. The van der Waals surface area contributed by atoms with Gasteiger partial charge in [0.25, 0.3) is 0 Å². The van der Waals surface area contributed by atoms with E-state index < -0.39 is 0 Å². The zero-order valence-electron chi connectivity index (χ0n) is 16.9. The van der Waals surface area contributed by atoms with Crippen LogP contribution in [0.2, 0.25) is 0 Å². The van der Waals surface area contributed by atoms with E-state index in [-0.39, 0.29) is 5.91 Å². The normalized spacial score (nSPS) is 11.0. The van der Waals surface area contributed by atoms with Crippen molar-refractivity contribution in [3.05, 3.63) is 46.8 Å². The molecule has 0 bridgehead atoms. The summed E-state index contributed by atoms with van der Waals surface area (Å²) >= 11 is 1.48. The van der Waals surface area contributed by atoms with Gasteiger partial charge in [0, 0.05) is 44.1 Å². The van der Waals surface area contributed by atoms with Crippen LogP contribution in [0.15, 0.2) is 29.4 Å². The molecule has 1 aromatic carbocycles. The zero-order chi connectivity index (χ0) is 20.3. The number of amides is 1. The second kappa shape index (κ2) is 8.55. The second-order valence-corrected chi connectivity index (χ2v) is 7.84. The summed E-state index contributed by atoms with van der Waals surface area (Å²) < 4.78 is 3.57. The molecule has 2 aromatic heterocycles. The topological polar surface area (TPSA) is 81.7 Å². The smallest absolute Gasteiger partial charge is 0.223 e. The predicted molar refractivity (Wildman–Crippen MR) is 108 cm³/mol. The van der Waals surface area contributed by atoms with Gasteiger partial charge in [0.05, 0.1) is 11.4 Å². The SMILES string of the molecule is Cc1ccccc1-n1nc(C)c(CN(C)C(=O)CCSc2nnnn2C)c1C. The van der Waals surface area contributed by atoms with Crippen molar-refractivity contribution in [3.8, 4) is 5.69 Å². The van der Waals surface area contributed by atoms with Gasteiger partial charge in [0.1, 0.15) is 0 Å². The molecule has 9 heteroatoms. The van der Waals surface area contributed by atoms with Crippen LogP contribution in [0, 0.1) is 20.8 Å². The van der Waals surface area contributed by atoms with E-state index in [0.29, 0.717) is 23.9 Å². The Morgan fingerprint density at radius 2 is 1.96 bits per heavy atom. The Morgan fingerprint density at radius 1 is 1.21 bits per heavy atom. The van der Waals surface area contributed by atoms with E-state index in [1.165, 1.54) is 17.3 Å². The van der Waals surface area contributed by atoms with Gasteiger partial charge in [-0.25, -0.2) is 9.36 Å². The first-order chi connectivity index (χ1) is 13.4. The summed E-state index contributed by atoms with van der Waals surface area (Å²) in [6, 6.07) is 8.17. The molecule has 148 valence electrons. The second-order valence-electron chi connectivity index (χ2n) is 6.78. The Balaban J connectivity index is 1.65. The molecule has 0 aliphatic carbocycles. The van der Waals surface area contributed by atoms with Crippen LogP contribution in [0.3, 0.4) is 0 Å². The van der Waals surface area contributed by atoms with E-state index in [1.54, 1.807) is 16.6 Å². The highest BCUT2D eigenvalue weighted by Crippen LogP contribution is 2.22. The number of hydrogen-bond acceptors (Lipinski definition) is 6. The lowest BCUT2D eigenvalue weighted by atomic mass is 10.1. The van der Waals surface area contributed by atoms with Crippen molar-refractivity contribution < 1.29 is 4.79 Å². The van der Waals surface area contributed by atoms with Crippen molar-refractivity contribution in [1.29, 1.82) is 0 Å². The van der Waals surface area contributed by atoms with Gasteiger partial charge >= 0.3 is 0 Å². The Hall–Kier alpha value is -2.68. The van der Waals surface area contributed by atoms with Crippen molar-refractivity contribution in [2.75, 3.05) is 12.8 Å². The standard InChI is InChI=1S/C19H25N7OS/c1-13-8-6-7-9-17(13)26-15(3)16(14(2)21-26)12-24(4)18(27)10-11-28-19-20-22-23-25(19)5/h6-9H,10-12H2,1-5H3. The van der Waals surface area contributed by atoms with E-state index in [9.17, 15) is 4.79 Å². The monoisotopic (exact) mass is 399 g/mol. The van der Waals surface area contributed by atoms with E-state index >= 15 is 0 Å². The van der Waals surface area contributed by atoms with Crippen molar-refractivity contribution >= 4 is 17.7 Å². The van der Waals surface area contributed by atoms with Crippen LogP contribution in [0.5, 0.6) is 0 Å². The lowest BCUT2D eigenvalue weighted by Crippen LogP contribution is -2.27. The molecule has 0 aliphatic heterocycles. The number of aryl methyl sites for hydroxylation is 3. The molecule has 28 heavy (non-hydrogen) atoms. The fraction of sp³-hybridized carbons (Fsp3) is 0.421. The molecule has 0 atom stereocenters. The summed E-state index contributed by atoms with van der Waals surface area (Å²) in [6.07, 6.45) is 0.429. The molecule has 8 nitrogen and oxygen atoms in total. The van der Waals surface area contributed by atoms with Gasteiger partial charge in [-0.05, 0) is 42.8 Å². The van der Waals surface area contributed by atoms with Gasteiger partial charge in [-0.15, -0.1) is 5.10 Å². The summed E-state index contributed by atoms with van der Waals surface area (Å²) in [5.74, 6) is 0.725. The molecule has 3 rings (SSSR count). The zero-order valence-corrected chi connectivity index (χ0v) is 17.7. The highest BCUT2D eigenvalue weighted by atomic mass is 32.2. The first kappa shape index (κ1) is 20.1. The minimum absolute atomic E-state index is 0.0880. The van der Waals surface area contributed by atoms with Gasteiger partial charge in [-0.1, -0.05) is 30.0 Å². The van der Waals surface area contributed by atoms with E-state index in [4.69, 9.17) is 5.10 Å². The fourth-order valence-corrected chi connectivity index (χ4v) is 3.81. The Bertz CT molecular complexity index is 979. The van der Waals surface area contributed by atoms with Crippen LogP contribution in [-0.2, 0) is 18.4 Å². The molecule has 0 saturated carbocycles. The summed E-state index contributed by atoms with van der Waals surface area (Å²) in [6.45, 7) is 6.66. The minimum Gasteiger partial charge on any atom is -0.341 e. The number of hydrogen-bond donors (Lipinski definition) is 0. The molecule has 0 saturated heterocycles. The number of rotatable bonds is 7. The third kappa shape index (κ3) is 4.24. The van der Waals surface area contributed by atoms with Crippen molar-refractivity contribution in [3.63, 3.8) is 0 Å². The maximum Gasteiger partial charge on any atom is 0.223 e. The van der Waals surface area contributed by atoms with E-state index in [2.05, 4.69) is 41.5 Å². The van der Waals surface area contributed by atoms with Gasteiger partial charge in [0.2, 0.25) is 11.1 Å². The maximum atomic E-state index is 12.5. The molecule has 3 aromatic rings. The van der Waals surface area contributed by atoms with Gasteiger partial charge < -0.3 is 4.90 Å². The van der Waals surface area contributed by atoms with Crippen LogP contribution >= 0.6 is 11.8 Å².